The molecule has 2 nitrogen and oxygen atoms in total. The number of hydrogen-bond acceptors (Lipinski definition) is 2. The minimum atomic E-state index is 0.0228. The molecule has 100 valence electrons. The average molecular weight is 248 g/mol. The normalized spacial score (nSPS) is 28.3. The van der Waals surface area contributed by atoms with E-state index >= 15 is 0 Å². The van der Waals surface area contributed by atoms with Crippen molar-refractivity contribution < 1.29 is 9.53 Å². The second-order valence-electron chi connectivity index (χ2n) is 5.86. The highest BCUT2D eigenvalue weighted by atomic mass is 16.5. The van der Waals surface area contributed by atoms with Gasteiger partial charge in [-0.1, -0.05) is 23.3 Å². The molecular weight excluding hydrogens is 224 g/mol. The van der Waals surface area contributed by atoms with Crippen molar-refractivity contribution in [2.75, 3.05) is 6.61 Å². The Morgan fingerprint density at radius 3 is 2.50 bits per heavy atom. The first-order chi connectivity index (χ1) is 8.65. The van der Waals surface area contributed by atoms with Crippen molar-refractivity contribution in [2.24, 2.45) is 11.8 Å². The molecule has 0 aromatic carbocycles. The molecule has 0 heterocycles. The maximum atomic E-state index is 12.0. The fraction of sp³-hybridized carbons (Fsp3) is 0.688. The van der Waals surface area contributed by atoms with Crippen molar-refractivity contribution in [1.29, 1.82) is 0 Å². The van der Waals surface area contributed by atoms with Crippen LogP contribution in [0.2, 0.25) is 0 Å². The summed E-state index contributed by atoms with van der Waals surface area (Å²) in [5, 5.41) is 0. The smallest absolute Gasteiger partial charge is 0.309 e. The molecule has 2 aliphatic rings. The lowest BCUT2D eigenvalue weighted by Gasteiger charge is -2.23. The minimum Gasteiger partial charge on any atom is -0.465 e. The summed E-state index contributed by atoms with van der Waals surface area (Å²) in [5.74, 6) is 0.670. The summed E-state index contributed by atoms with van der Waals surface area (Å²) >= 11 is 0. The summed E-state index contributed by atoms with van der Waals surface area (Å²) < 4.78 is 5.52. The highest BCUT2D eigenvalue weighted by molar-refractivity contribution is 5.73. The van der Waals surface area contributed by atoms with Gasteiger partial charge in [-0.25, -0.2) is 0 Å². The second kappa shape index (κ2) is 6.21. The molecule has 0 amide bonds. The van der Waals surface area contributed by atoms with Crippen molar-refractivity contribution in [3.05, 3.63) is 23.3 Å². The molecule has 0 saturated carbocycles. The van der Waals surface area contributed by atoms with E-state index in [1.54, 1.807) is 0 Å². The number of ether oxygens (including phenoxy) is 1. The molecule has 2 rings (SSSR count). The Hall–Kier alpha value is -1.05. The van der Waals surface area contributed by atoms with Crippen LogP contribution in [0, 0.1) is 11.8 Å². The Bertz CT molecular complexity index is 365. The molecule has 0 fully saturated rings. The maximum absolute atomic E-state index is 12.0. The number of esters is 1. The van der Waals surface area contributed by atoms with E-state index in [0.29, 0.717) is 12.5 Å². The Morgan fingerprint density at radius 2 is 1.83 bits per heavy atom. The van der Waals surface area contributed by atoms with Crippen LogP contribution in [-0.2, 0) is 9.53 Å². The first kappa shape index (κ1) is 13.4. The Labute approximate surface area is 110 Å². The van der Waals surface area contributed by atoms with Gasteiger partial charge in [-0.3, -0.25) is 4.79 Å². The van der Waals surface area contributed by atoms with E-state index < -0.39 is 0 Å². The zero-order valence-corrected chi connectivity index (χ0v) is 11.6. The first-order valence-electron chi connectivity index (χ1n) is 7.13. The summed E-state index contributed by atoms with van der Waals surface area (Å²) in [6.07, 6.45) is 10.8. The van der Waals surface area contributed by atoms with E-state index in [4.69, 9.17) is 4.74 Å². The summed E-state index contributed by atoms with van der Waals surface area (Å²) in [7, 11) is 0. The SMILES string of the molecule is CC1=CCCC(COC(=O)C2CCC=C(C)C2)C1. The van der Waals surface area contributed by atoms with Crippen molar-refractivity contribution in [1.82, 2.24) is 0 Å². The Morgan fingerprint density at radius 1 is 1.17 bits per heavy atom. The molecule has 0 bridgehead atoms. The lowest BCUT2D eigenvalue weighted by Crippen LogP contribution is -2.23. The molecule has 0 aliphatic heterocycles. The quantitative estimate of drug-likeness (QED) is 0.557. The number of allylic oxidation sites excluding steroid dienone is 4. The lowest BCUT2D eigenvalue weighted by molar-refractivity contribution is -0.150. The van der Waals surface area contributed by atoms with Crippen LogP contribution >= 0.6 is 0 Å². The van der Waals surface area contributed by atoms with E-state index in [1.165, 1.54) is 11.1 Å². The topological polar surface area (TPSA) is 26.3 Å². The molecular formula is C16H24O2. The fourth-order valence-corrected chi connectivity index (χ4v) is 2.97. The predicted molar refractivity (Wildman–Crippen MR) is 73.2 cm³/mol. The van der Waals surface area contributed by atoms with Crippen molar-refractivity contribution in [3.63, 3.8) is 0 Å². The fourth-order valence-electron chi connectivity index (χ4n) is 2.97. The third-order valence-corrected chi connectivity index (χ3v) is 4.05. The maximum Gasteiger partial charge on any atom is 0.309 e. The van der Waals surface area contributed by atoms with Crippen LogP contribution in [0.3, 0.4) is 0 Å². The van der Waals surface area contributed by atoms with Gasteiger partial charge in [-0.05, 0) is 58.3 Å². The van der Waals surface area contributed by atoms with Crippen molar-refractivity contribution in [3.8, 4) is 0 Å². The standard InChI is InChI=1S/C16H24O2/c1-12-5-3-7-14(9-12)11-18-16(17)15-8-4-6-13(2)10-15/h5-6,14-15H,3-4,7-11H2,1-2H3. The zero-order chi connectivity index (χ0) is 13.0. The third kappa shape index (κ3) is 3.72. The summed E-state index contributed by atoms with van der Waals surface area (Å²) in [6.45, 7) is 4.89. The van der Waals surface area contributed by atoms with Gasteiger partial charge in [-0.15, -0.1) is 0 Å². The number of hydrogen-bond donors (Lipinski definition) is 0. The predicted octanol–water partition coefficient (Wildman–Crippen LogP) is 4.02. The monoisotopic (exact) mass is 248 g/mol. The van der Waals surface area contributed by atoms with Gasteiger partial charge in [0, 0.05) is 0 Å². The third-order valence-electron chi connectivity index (χ3n) is 4.05. The van der Waals surface area contributed by atoms with E-state index in [9.17, 15) is 4.79 Å². The van der Waals surface area contributed by atoms with Gasteiger partial charge in [0.15, 0.2) is 0 Å². The van der Waals surface area contributed by atoms with Gasteiger partial charge in [0.1, 0.15) is 0 Å². The van der Waals surface area contributed by atoms with Gasteiger partial charge in [0.2, 0.25) is 0 Å². The van der Waals surface area contributed by atoms with Crippen LogP contribution < -0.4 is 0 Å². The van der Waals surface area contributed by atoms with Crippen molar-refractivity contribution >= 4 is 5.97 Å². The van der Waals surface area contributed by atoms with Gasteiger partial charge in [0.05, 0.1) is 12.5 Å². The Kier molecular flexibility index (Phi) is 4.62. The molecule has 0 spiro atoms. The molecule has 0 aromatic heterocycles. The van der Waals surface area contributed by atoms with Gasteiger partial charge in [-0.2, -0.15) is 0 Å². The number of carbonyl (C=O) groups excluding carboxylic acids is 1. The highest BCUT2D eigenvalue weighted by Crippen LogP contribution is 2.27. The van der Waals surface area contributed by atoms with E-state index in [2.05, 4.69) is 26.0 Å². The molecule has 2 atom stereocenters. The summed E-state index contributed by atoms with van der Waals surface area (Å²) in [6, 6.07) is 0. The van der Waals surface area contributed by atoms with Crippen LogP contribution in [0.15, 0.2) is 23.3 Å². The highest BCUT2D eigenvalue weighted by Gasteiger charge is 2.24. The molecule has 0 radical (unpaired) electrons. The van der Waals surface area contributed by atoms with Crippen LogP contribution in [0.1, 0.15) is 52.4 Å². The molecule has 0 saturated heterocycles. The first-order valence-corrected chi connectivity index (χ1v) is 7.13. The van der Waals surface area contributed by atoms with Gasteiger partial charge in [0.25, 0.3) is 0 Å². The minimum absolute atomic E-state index is 0.0228. The van der Waals surface area contributed by atoms with E-state index in [1.807, 2.05) is 0 Å². The average Bonchev–Trinajstić information content (AvgIpc) is 2.36. The number of rotatable bonds is 3. The molecule has 18 heavy (non-hydrogen) atoms. The Balaban J connectivity index is 1.75. The molecule has 0 aromatic rings. The van der Waals surface area contributed by atoms with Crippen molar-refractivity contribution in [2.45, 2.75) is 52.4 Å². The lowest BCUT2D eigenvalue weighted by atomic mass is 9.89. The van der Waals surface area contributed by atoms with Crippen LogP contribution in [0.5, 0.6) is 0 Å². The van der Waals surface area contributed by atoms with E-state index in [-0.39, 0.29) is 11.9 Å². The summed E-state index contributed by atoms with van der Waals surface area (Å²) in [5.41, 5.74) is 2.78. The van der Waals surface area contributed by atoms with Crippen LogP contribution in [-0.4, -0.2) is 12.6 Å². The van der Waals surface area contributed by atoms with Crippen LogP contribution in [0.4, 0.5) is 0 Å². The van der Waals surface area contributed by atoms with Crippen LogP contribution in [0.25, 0.3) is 0 Å². The number of carbonyl (C=O) groups is 1. The zero-order valence-electron chi connectivity index (χ0n) is 11.6. The largest absolute Gasteiger partial charge is 0.465 e. The van der Waals surface area contributed by atoms with E-state index in [0.717, 1.165) is 38.5 Å². The molecule has 2 unspecified atom stereocenters. The van der Waals surface area contributed by atoms with Gasteiger partial charge < -0.3 is 4.74 Å². The second-order valence-corrected chi connectivity index (χ2v) is 5.86. The van der Waals surface area contributed by atoms with Gasteiger partial charge >= 0.3 is 5.97 Å². The molecule has 0 N–H and O–H groups in total. The summed E-state index contributed by atoms with van der Waals surface area (Å²) in [4.78, 5) is 12.0. The molecule has 2 heteroatoms. The molecule has 2 aliphatic carbocycles.